The van der Waals surface area contributed by atoms with Gasteiger partial charge in [-0.05, 0) is 43.5 Å². The lowest BCUT2D eigenvalue weighted by Crippen LogP contribution is -2.48. The molecular formula is C18H20N2. The van der Waals surface area contributed by atoms with Gasteiger partial charge in [-0.25, -0.2) is 0 Å². The Labute approximate surface area is 120 Å². The van der Waals surface area contributed by atoms with E-state index in [1.165, 1.54) is 41.9 Å². The van der Waals surface area contributed by atoms with Crippen LogP contribution in [0.4, 0.5) is 11.4 Å². The topological polar surface area (TPSA) is 6.48 Å². The van der Waals surface area contributed by atoms with Gasteiger partial charge in [-0.3, -0.25) is 0 Å². The Bertz CT molecular complexity index is 618. The van der Waals surface area contributed by atoms with Crippen molar-refractivity contribution in [3.05, 3.63) is 59.7 Å². The van der Waals surface area contributed by atoms with Crippen molar-refractivity contribution in [2.45, 2.75) is 32.5 Å². The first-order valence-corrected chi connectivity index (χ1v) is 7.51. The fourth-order valence-electron chi connectivity index (χ4n) is 3.57. The maximum absolute atomic E-state index is 2.58. The Morgan fingerprint density at radius 1 is 0.950 bits per heavy atom. The molecule has 102 valence electrons. The molecule has 0 bridgehead atoms. The predicted octanol–water partition coefficient (Wildman–Crippen LogP) is 3.94. The molecule has 0 radical (unpaired) electrons. The quantitative estimate of drug-likeness (QED) is 0.769. The number of anilines is 2. The molecule has 1 fully saturated rings. The smallest absolute Gasteiger partial charge is 0.102 e. The van der Waals surface area contributed by atoms with Crippen LogP contribution in [0.25, 0.3) is 0 Å². The van der Waals surface area contributed by atoms with Gasteiger partial charge < -0.3 is 9.80 Å². The fraction of sp³-hybridized carbons (Fsp3) is 0.333. The molecule has 2 aromatic carbocycles. The van der Waals surface area contributed by atoms with Crippen molar-refractivity contribution in [1.82, 2.24) is 0 Å². The van der Waals surface area contributed by atoms with Crippen molar-refractivity contribution >= 4 is 11.4 Å². The van der Waals surface area contributed by atoms with E-state index in [4.69, 9.17) is 0 Å². The number of nitrogens with zero attached hydrogens (tertiary/aromatic N) is 2. The van der Waals surface area contributed by atoms with Gasteiger partial charge in [-0.15, -0.1) is 0 Å². The molecule has 1 unspecified atom stereocenters. The summed E-state index contributed by atoms with van der Waals surface area (Å²) in [5, 5.41) is 0. The van der Waals surface area contributed by atoms with Crippen LogP contribution in [0.15, 0.2) is 48.5 Å². The van der Waals surface area contributed by atoms with Gasteiger partial charge in [0.15, 0.2) is 0 Å². The summed E-state index contributed by atoms with van der Waals surface area (Å²) in [4.78, 5) is 5.15. The SMILES string of the molecule is Cc1ccc(N2Cc3ccccc3N3CCCC23)cc1. The molecule has 0 spiro atoms. The summed E-state index contributed by atoms with van der Waals surface area (Å²) in [5.41, 5.74) is 5.57. The van der Waals surface area contributed by atoms with E-state index in [9.17, 15) is 0 Å². The average molecular weight is 264 g/mol. The Kier molecular flexibility index (Phi) is 2.69. The van der Waals surface area contributed by atoms with E-state index in [0.29, 0.717) is 6.17 Å². The normalized spacial score (nSPS) is 20.8. The van der Waals surface area contributed by atoms with Crippen LogP contribution >= 0.6 is 0 Å². The number of rotatable bonds is 1. The number of aryl methyl sites for hydroxylation is 1. The van der Waals surface area contributed by atoms with E-state index in [1.807, 2.05) is 0 Å². The third-order valence-electron chi connectivity index (χ3n) is 4.59. The van der Waals surface area contributed by atoms with Gasteiger partial charge in [0.05, 0.1) is 0 Å². The second-order valence-corrected chi connectivity index (χ2v) is 5.91. The molecule has 20 heavy (non-hydrogen) atoms. The van der Waals surface area contributed by atoms with Crippen molar-refractivity contribution in [2.24, 2.45) is 0 Å². The third-order valence-corrected chi connectivity index (χ3v) is 4.59. The summed E-state index contributed by atoms with van der Waals surface area (Å²) in [5.74, 6) is 0. The zero-order valence-electron chi connectivity index (χ0n) is 11.9. The fourth-order valence-corrected chi connectivity index (χ4v) is 3.57. The molecule has 2 aliphatic heterocycles. The molecule has 0 N–H and O–H groups in total. The van der Waals surface area contributed by atoms with Crippen molar-refractivity contribution in [3.8, 4) is 0 Å². The largest absolute Gasteiger partial charge is 0.351 e. The van der Waals surface area contributed by atoms with Crippen LogP contribution in [0.5, 0.6) is 0 Å². The molecule has 2 heterocycles. The molecule has 2 nitrogen and oxygen atoms in total. The predicted molar refractivity (Wildman–Crippen MR) is 84.2 cm³/mol. The van der Waals surface area contributed by atoms with Crippen LogP contribution in [0, 0.1) is 6.92 Å². The summed E-state index contributed by atoms with van der Waals surface area (Å²) >= 11 is 0. The van der Waals surface area contributed by atoms with Crippen LogP contribution < -0.4 is 9.80 Å². The maximum atomic E-state index is 2.58. The van der Waals surface area contributed by atoms with Crippen molar-refractivity contribution in [3.63, 3.8) is 0 Å². The van der Waals surface area contributed by atoms with Gasteiger partial charge in [0, 0.05) is 24.5 Å². The maximum Gasteiger partial charge on any atom is 0.102 e. The Hall–Kier alpha value is -1.96. The highest BCUT2D eigenvalue weighted by Crippen LogP contribution is 2.38. The van der Waals surface area contributed by atoms with Crippen LogP contribution in [0.1, 0.15) is 24.0 Å². The lowest BCUT2D eigenvalue weighted by molar-refractivity contribution is 0.581. The van der Waals surface area contributed by atoms with Crippen molar-refractivity contribution in [2.75, 3.05) is 16.3 Å². The van der Waals surface area contributed by atoms with E-state index >= 15 is 0 Å². The van der Waals surface area contributed by atoms with E-state index in [1.54, 1.807) is 0 Å². The highest BCUT2D eigenvalue weighted by atomic mass is 15.4. The van der Waals surface area contributed by atoms with Crippen molar-refractivity contribution in [1.29, 1.82) is 0 Å². The molecule has 0 saturated carbocycles. The Morgan fingerprint density at radius 3 is 2.60 bits per heavy atom. The van der Waals surface area contributed by atoms with Crippen LogP contribution in [-0.2, 0) is 6.54 Å². The van der Waals surface area contributed by atoms with Gasteiger partial charge in [0.2, 0.25) is 0 Å². The number of fused-ring (bicyclic) bond motifs is 3. The standard InChI is InChI=1S/C18H20N2/c1-14-8-10-16(11-9-14)20-13-15-5-2-3-6-17(15)19-12-4-7-18(19)20/h2-3,5-6,8-11,18H,4,7,12-13H2,1H3. The molecule has 1 saturated heterocycles. The van der Waals surface area contributed by atoms with Crippen LogP contribution in [0.3, 0.4) is 0 Å². The molecule has 4 rings (SSSR count). The number of benzene rings is 2. The van der Waals surface area contributed by atoms with Crippen molar-refractivity contribution < 1.29 is 0 Å². The molecule has 1 atom stereocenters. The Balaban J connectivity index is 1.76. The number of para-hydroxylation sites is 1. The minimum absolute atomic E-state index is 0.535. The lowest BCUT2D eigenvalue weighted by atomic mass is 10.1. The first-order valence-electron chi connectivity index (χ1n) is 7.51. The number of hydrogen-bond acceptors (Lipinski definition) is 2. The second kappa shape index (κ2) is 4.55. The molecule has 0 aliphatic carbocycles. The highest BCUT2D eigenvalue weighted by Gasteiger charge is 2.35. The summed E-state index contributed by atoms with van der Waals surface area (Å²) in [7, 11) is 0. The van der Waals surface area contributed by atoms with Gasteiger partial charge in [-0.1, -0.05) is 35.9 Å². The first kappa shape index (κ1) is 11.8. The Morgan fingerprint density at radius 2 is 1.75 bits per heavy atom. The summed E-state index contributed by atoms with van der Waals surface area (Å²) in [6, 6.07) is 17.8. The minimum Gasteiger partial charge on any atom is -0.351 e. The summed E-state index contributed by atoms with van der Waals surface area (Å²) in [6.07, 6.45) is 3.09. The molecule has 0 aromatic heterocycles. The molecule has 2 heteroatoms. The molecule has 2 aliphatic rings. The van der Waals surface area contributed by atoms with Gasteiger partial charge >= 0.3 is 0 Å². The average Bonchev–Trinajstić information content (AvgIpc) is 2.97. The minimum atomic E-state index is 0.535. The highest BCUT2D eigenvalue weighted by molar-refractivity contribution is 5.63. The lowest BCUT2D eigenvalue weighted by Gasteiger charge is -2.43. The van der Waals surface area contributed by atoms with E-state index in [2.05, 4.69) is 65.3 Å². The molecular weight excluding hydrogens is 244 g/mol. The molecule has 2 aromatic rings. The zero-order valence-corrected chi connectivity index (χ0v) is 11.9. The first-order chi connectivity index (χ1) is 9.83. The van der Waals surface area contributed by atoms with E-state index in [0.717, 1.165) is 6.54 Å². The third kappa shape index (κ3) is 1.79. The summed E-state index contributed by atoms with van der Waals surface area (Å²) < 4.78 is 0. The van der Waals surface area contributed by atoms with Crippen LogP contribution in [-0.4, -0.2) is 12.7 Å². The second-order valence-electron chi connectivity index (χ2n) is 5.91. The van der Waals surface area contributed by atoms with Gasteiger partial charge in [0.1, 0.15) is 6.17 Å². The van der Waals surface area contributed by atoms with E-state index in [-0.39, 0.29) is 0 Å². The zero-order chi connectivity index (χ0) is 13.5. The summed E-state index contributed by atoms with van der Waals surface area (Å²) in [6.45, 7) is 4.36. The number of hydrogen-bond donors (Lipinski definition) is 0. The van der Waals surface area contributed by atoms with Gasteiger partial charge in [-0.2, -0.15) is 0 Å². The molecule has 0 amide bonds. The van der Waals surface area contributed by atoms with E-state index < -0.39 is 0 Å². The van der Waals surface area contributed by atoms with Crippen LogP contribution in [0.2, 0.25) is 0 Å². The monoisotopic (exact) mass is 264 g/mol. The van der Waals surface area contributed by atoms with Gasteiger partial charge in [0.25, 0.3) is 0 Å².